The van der Waals surface area contributed by atoms with Crippen LogP contribution in [0.1, 0.15) is 11.1 Å². The van der Waals surface area contributed by atoms with Crippen LogP contribution in [0.15, 0.2) is 54.7 Å². The lowest BCUT2D eigenvalue weighted by Crippen LogP contribution is -3.00. The van der Waals surface area contributed by atoms with Gasteiger partial charge in [0.05, 0.1) is 38.7 Å². The van der Waals surface area contributed by atoms with Gasteiger partial charge in [0, 0.05) is 23.1 Å². The van der Waals surface area contributed by atoms with Crippen LogP contribution in [0.5, 0.6) is 28.7 Å². The van der Waals surface area contributed by atoms with Crippen LogP contribution < -0.4 is 57.5 Å². The Morgan fingerprint density at radius 1 is 0.947 bits per heavy atom. The second-order valence-electron chi connectivity index (χ2n) is 8.98. The molecule has 9 heteroatoms. The fourth-order valence-corrected chi connectivity index (χ4v) is 5.23. The largest absolute Gasteiger partial charge is 1.00 e. The lowest BCUT2D eigenvalue weighted by Gasteiger charge is -2.21. The third-order valence-corrected chi connectivity index (χ3v) is 6.95. The number of nitrogens with zero attached hydrogens (tertiary/aromatic N) is 1. The van der Waals surface area contributed by atoms with Crippen molar-refractivity contribution in [3.8, 4) is 40.0 Å². The Morgan fingerprint density at radius 3 is 2.42 bits per heavy atom. The van der Waals surface area contributed by atoms with Gasteiger partial charge in [-0.1, -0.05) is 0 Å². The van der Waals surface area contributed by atoms with E-state index in [4.69, 9.17) is 23.7 Å². The van der Waals surface area contributed by atoms with Crippen LogP contribution in [-0.4, -0.2) is 34.0 Å². The van der Waals surface area contributed by atoms with Crippen molar-refractivity contribution in [2.45, 2.75) is 19.4 Å². The molecule has 0 fully saturated rings. The van der Waals surface area contributed by atoms with Gasteiger partial charge < -0.3 is 53.0 Å². The molecule has 0 aliphatic carbocycles. The van der Waals surface area contributed by atoms with Crippen LogP contribution in [0, 0.1) is 0 Å². The molecule has 2 aliphatic heterocycles. The number of anilines is 1. The third-order valence-electron chi connectivity index (χ3n) is 6.95. The standard InChI is InChI=1S/C29H26N2O6.HI/c1-33-19-6-4-18(5-7-19)30-27(32)14-22-20-8-9-24(34-2)29(35-3)23(20)15-31-11-10-17-12-25-26(37-16-36-25)13-21(17)28(22)31;/h4-9,12-13,15H,10-11,14,16H2,1-3H3;1H. The van der Waals surface area contributed by atoms with E-state index in [9.17, 15) is 4.79 Å². The minimum Gasteiger partial charge on any atom is -1.00 e. The molecule has 0 atom stereocenters. The van der Waals surface area contributed by atoms with E-state index in [1.165, 1.54) is 5.56 Å². The van der Waals surface area contributed by atoms with Gasteiger partial charge in [0.1, 0.15) is 5.75 Å². The van der Waals surface area contributed by atoms with Gasteiger partial charge >= 0.3 is 0 Å². The van der Waals surface area contributed by atoms with Gasteiger partial charge in [0.25, 0.3) is 0 Å². The molecule has 0 saturated heterocycles. The molecule has 1 aromatic heterocycles. The molecule has 1 N–H and O–H groups in total. The topological polar surface area (TPSA) is 79.1 Å². The van der Waals surface area contributed by atoms with E-state index >= 15 is 0 Å². The molecule has 1 amide bonds. The average molecular weight is 626 g/mol. The molecule has 0 spiro atoms. The number of pyridine rings is 1. The summed E-state index contributed by atoms with van der Waals surface area (Å²) in [6, 6.07) is 15.3. The van der Waals surface area contributed by atoms with E-state index in [2.05, 4.69) is 22.1 Å². The SMILES string of the molecule is COc1ccc(NC(=O)Cc2c3[n+](cc4c(OC)c(OC)ccc24)CCc2cc4c(cc2-3)OCO4)cc1.[I-]. The number of methoxy groups -OCH3 is 3. The summed E-state index contributed by atoms with van der Waals surface area (Å²) in [5, 5.41) is 4.85. The zero-order valence-electron chi connectivity index (χ0n) is 21.3. The molecule has 3 aromatic carbocycles. The highest BCUT2D eigenvalue weighted by Crippen LogP contribution is 2.43. The van der Waals surface area contributed by atoms with Crippen LogP contribution in [0.25, 0.3) is 22.0 Å². The summed E-state index contributed by atoms with van der Waals surface area (Å²) in [4.78, 5) is 13.4. The molecule has 0 radical (unpaired) electrons. The van der Waals surface area contributed by atoms with Gasteiger partial charge in [-0.15, -0.1) is 0 Å². The maximum absolute atomic E-state index is 13.4. The van der Waals surface area contributed by atoms with Crippen LogP contribution in [0.4, 0.5) is 5.69 Å². The van der Waals surface area contributed by atoms with Crippen LogP contribution in [0.2, 0.25) is 0 Å². The van der Waals surface area contributed by atoms with Crippen molar-refractivity contribution in [3.05, 3.63) is 65.9 Å². The van der Waals surface area contributed by atoms with Crippen molar-refractivity contribution in [2.75, 3.05) is 33.4 Å². The number of amides is 1. The average Bonchev–Trinajstić information content (AvgIpc) is 3.38. The van der Waals surface area contributed by atoms with Crippen molar-refractivity contribution < 1.29 is 57.0 Å². The lowest BCUT2D eigenvalue weighted by molar-refractivity contribution is -0.686. The predicted octanol–water partition coefficient (Wildman–Crippen LogP) is 1.29. The number of rotatable bonds is 6. The first-order chi connectivity index (χ1) is 18.1. The fourth-order valence-electron chi connectivity index (χ4n) is 5.23. The Labute approximate surface area is 237 Å². The van der Waals surface area contributed by atoms with E-state index in [1.54, 1.807) is 21.3 Å². The van der Waals surface area contributed by atoms with Crippen molar-refractivity contribution >= 4 is 22.4 Å². The van der Waals surface area contributed by atoms with Gasteiger partial charge in [-0.2, -0.15) is 4.57 Å². The van der Waals surface area contributed by atoms with E-state index in [0.717, 1.165) is 52.1 Å². The molecular formula is C29H27IN2O6. The van der Waals surface area contributed by atoms with E-state index in [-0.39, 0.29) is 43.1 Å². The first kappa shape index (κ1) is 25.9. The van der Waals surface area contributed by atoms with Crippen molar-refractivity contribution in [3.63, 3.8) is 0 Å². The molecule has 4 aromatic rings. The Balaban J connectivity index is 0.00000294. The fraction of sp³-hybridized carbons (Fsp3) is 0.241. The Hall–Kier alpha value is -3.73. The quantitative estimate of drug-likeness (QED) is 0.257. The van der Waals surface area contributed by atoms with Crippen molar-refractivity contribution in [1.29, 1.82) is 0 Å². The predicted molar refractivity (Wildman–Crippen MR) is 138 cm³/mol. The van der Waals surface area contributed by atoms with Crippen molar-refractivity contribution in [1.82, 2.24) is 0 Å². The minimum absolute atomic E-state index is 0. The van der Waals surface area contributed by atoms with Crippen LogP contribution in [0.3, 0.4) is 0 Å². The molecule has 3 heterocycles. The smallest absolute Gasteiger partial charge is 0.231 e. The number of hydrogen-bond acceptors (Lipinski definition) is 6. The normalized spacial score (nSPS) is 12.7. The summed E-state index contributed by atoms with van der Waals surface area (Å²) in [6.07, 6.45) is 3.09. The first-order valence-electron chi connectivity index (χ1n) is 12.1. The molecule has 38 heavy (non-hydrogen) atoms. The second kappa shape index (κ2) is 10.6. The van der Waals surface area contributed by atoms with E-state index in [1.807, 2.05) is 42.5 Å². The number of halogens is 1. The van der Waals surface area contributed by atoms with Crippen molar-refractivity contribution in [2.24, 2.45) is 0 Å². The molecule has 196 valence electrons. The molecule has 6 rings (SSSR count). The van der Waals surface area contributed by atoms with Gasteiger partial charge in [-0.25, -0.2) is 0 Å². The Bertz CT molecular complexity index is 1540. The highest BCUT2D eigenvalue weighted by molar-refractivity contribution is 6.00. The molecule has 0 saturated carbocycles. The number of aromatic nitrogens is 1. The lowest BCUT2D eigenvalue weighted by atomic mass is 9.89. The van der Waals surface area contributed by atoms with Gasteiger partial charge in [-0.05, 0) is 54.1 Å². The second-order valence-corrected chi connectivity index (χ2v) is 8.98. The number of hydrogen-bond donors (Lipinski definition) is 1. The number of carbonyl (C=O) groups is 1. The Morgan fingerprint density at radius 2 is 1.71 bits per heavy atom. The summed E-state index contributed by atoms with van der Waals surface area (Å²) >= 11 is 0. The maximum Gasteiger partial charge on any atom is 0.231 e. The monoisotopic (exact) mass is 626 g/mol. The van der Waals surface area contributed by atoms with Gasteiger partial charge in [-0.3, -0.25) is 4.79 Å². The summed E-state index contributed by atoms with van der Waals surface area (Å²) in [5.74, 6) is 3.37. The number of ether oxygens (including phenoxy) is 5. The molecular weight excluding hydrogens is 599 g/mol. The minimum atomic E-state index is -0.122. The maximum atomic E-state index is 13.4. The summed E-state index contributed by atoms with van der Waals surface area (Å²) in [5.41, 5.74) is 4.81. The van der Waals surface area contributed by atoms with Gasteiger partial charge in [0.15, 0.2) is 35.7 Å². The highest BCUT2D eigenvalue weighted by atomic mass is 127. The number of fused-ring (bicyclic) bond motifs is 5. The van der Waals surface area contributed by atoms with Crippen LogP contribution >= 0.6 is 0 Å². The third kappa shape index (κ3) is 4.44. The Kier molecular flexibility index (Phi) is 7.20. The highest BCUT2D eigenvalue weighted by Gasteiger charge is 2.33. The number of carbonyl (C=O) groups excluding carboxylic acids is 1. The molecule has 2 aliphatic rings. The van der Waals surface area contributed by atoms with Crippen LogP contribution in [-0.2, 0) is 24.2 Å². The zero-order chi connectivity index (χ0) is 25.5. The summed E-state index contributed by atoms with van der Waals surface area (Å²) in [6.45, 7) is 0.968. The molecule has 0 unspecified atom stereocenters. The van der Waals surface area contributed by atoms with E-state index < -0.39 is 0 Å². The van der Waals surface area contributed by atoms with E-state index in [0.29, 0.717) is 22.9 Å². The molecule has 8 nitrogen and oxygen atoms in total. The van der Waals surface area contributed by atoms with Gasteiger partial charge in [0.2, 0.25) is 18.4 Å². The summed E-state index contributed by atoms with van der Waals surface area (Å²) < 4.78 is 30.1. The zero-order valence-corrected chi connectivity index (χ0v) is 23.5. The first-order valence-corrected chi connectivity index (χ1v) is 12.1. The number of aryl methyl sites for hydroxylation is 2. The summed E-state index contributed by atoms with van der Waals surface area (Å²) in [7, 11) is 4.87. The molecule has 0 bridgehead atoms. The number of nitrogens with one attached hydrogen (secondary N) is 1. The number of benzene rings is 3.